The first-order chi connectivity index (χ1) is 13.1. The van der Waals surface area contributed by atoms with Gasteiger partial charge in [0.15, 0.2) is 0 Å². The normalized spacial score (nSPS) is 26.5. The van der Waals surface area contributed by atoms with Gasteiger partial charge in [0.1, 0.15) is 6.04 Å². The Bertz CT molecular complexity index is 965. The predicted molar refractivity (Wildman–Crippen MR) is 99.8 cm³/mol. The van der Waals surface area contributed by atoms with Crippen LogP contribution in [-0.2, 0) is 9.59 Å². The molecule has 0 radical (unpaired) electrons. The van der Waals surface area contributed by atoms with E-state index in [2.05, 4.69) is 21.5 Å². The maximum atomic E-state index is 12.8. The van der Waals surface area contributed by atoms with E-state index >= 15 is 0 Å². The smallest absolute Gasteiger partial charge is 0.260 e. The Morgan fingerprint density at radius 3 is 2.37 bits per heavy atom. The van der Waals surface area contributed by atoms with E-state index in [-0.39, 0.29) is 35.6 Å². The van der Waals surface area contributed by atoms with Crippen molar-refractivity contribution in [2.24, 2.45) is 11.8 Å². The highest BCUT2D eigenvalue weighted by Gasteiger charge is 2.49. The minimum Gasteiger partial charge on any atom is -0.329 e. The Morgan fingerprint density at radius 2 is 1.70 bits per heavy atom. The summed E-state index contributed by atoms with van der Waals surface area (Å²) in [5, 5.41) is 7.73. The lowest BCUT2D eigenvalue weighted by atomic mass is 9.85. The van der Waals surface area contributed by atoms with Crippen molar-refractivity contribution in [1.29, 1.82) is 0 Å². The fourth-order valence-electron chi connectivity index (χ4n) is 4.10. The molecule has 5 rings (SSSR count). The van der Waals surface area contributed by atoms with Crippen molar-refractivity contribution < 1.29 is 9.59 Å². The second-order valence-corrected chi connectivity index (χ2v) is 7.18. The summed E-state index contributed by atoms with van der Waals surface area (Å²) in [5.74, 6) is -0.281. The standard InChI is InChI=1S/C20H19N5O2/c1-12-11-16(13-7-3-2-4-8-13)25-19(21-12)22-20(23-25)24-17(26)14-9-5-6-10-15(14)18(24)27/h2-8,11,14-16H,9-10H2,1H3,(H,21,22,23)/t14-,15+,16-/m0/s1. The van der Waals surface area contributed by atoms with Crippen molar-refractivity contribution in [3.8, 4) is 0 Å². The Morgan fingerprint density at radius 1 is 1.04 bits per heavy atom. The highest BCUT2D eigenvalue weighted by molar-refractivity contribution is 6.21. The Kier molecular flexibility index (Phi) is 3.50. The molecule has 2 aromatic rings. The average Bonchev–Trinajstić information content (AvgIpc) is 3.21. The Balaban J connectivity index is 1.54. The van der Waals surface area contributed by atoms with Gasteiger partial charge in [-0.15, -0.1) is 5.10 Å². The molecule has 1 aromatic heterocycles. The van der Waals surface area contributed by atoms with E-state index in [1.165, 1.54) is 4.90 Å². The van der Waals surface area contributed by atoms with Crippen molar-refractivity contribution in [3.63, 3.8) is 0 Å². The summed E-state index contributed by atoms with van der Waals surface area (Å²) in [4.78, 5) is 31.3. The molecule has 3 heterocycles. The molecule has 0 unspecified atom stereocenters. The number of nitrogens with one attached hydrogen (secondary N) is 1. The molecule has 0 saturated carbocycles. The number of carbonyl (C=O) groups excluding carboxylic acids is 2. The summed E-state index contributed by atoms with van der Waals surface area (Å²) in [6.07, 6.45) is 7.21. The number of rotatable bonds is 2. The molecule has 2 aliphatic heterocycles. The minimum atomic E-state index is -0.291. The first-order valence-corrected chi connectivity index (χ1v) is 9.13. The molecular formula is C20H19N5O2. The molecule has 0 spiro atoms. The van der Waals surface area contributed by atoms with Crippen LogP contribution in [0.25, 0.3) is 0 Å². The third-order valence-corrected chi connectivity index (χ3v) is 5.45. The highest BCUT2D eigenvalue weighted by Crippen LogP contribution is 2.38. The Labute approximate surface area is 156 Å². The maximum Gasteiger partial charge on any atom is 0.260 e. The van der Waals surface area contributed by atoms with Gasteiger partial charge in [-0.1, -0.05) is 42.5 Å². The summed E-state index contributed by atoms with van der Waals surface area (Å²) >= 11 is 0. The topological polar surface area (TPSA) is 80.1 Å². The lowest BCUT2D eigenvalue weighted by molar-refractivity contribution is -0.122. The largest absolute Gasteiger partial charge is 0.329 e. The highest BCUT2D eigenvalue weighted by atomic mass is 16.2. The summed E-state index contributed by atoms with van der Waals surface area (Å²) in [7, 11) is 0. The van der Waals surface area contributed by atoms with E-state index in [1.807, 2.05) is 49.4 Å². The number of aromatic nitrogens is 3. The van der Waals surface area contributed by atoms with E-state index in [9.17, 15) is 9.59 Å². The van der Waals surface area contributed by atoms with Gasteiger partial charge in [-0.2, -0.15) is 4.98 Å². The van der Waals surface area contributed by atoms with Crippen LogP contribution in [0.4, 0.5) is 11.9 Å². The van der Waals surface area contributed by atoms with E-state index in [0.717, 1.165) is 11.3 Å². The monoisotopic (exact) mass is 361 g/mol. The van der Waals surface area contributed by atoms with Crippen molar-refractivity contribution in [2.75, 3.05) is 10.2 Å². The number of amides is 2. The second-order valence-electron chi connectivity index (χ2n) is 7.18. The SMILES string of the molecule is CC1=C[C@@H](c2ccccc2)n2nc(N3C(=O)[C@H]4CC=CC[C@H]4C3=O)nc2N1. The number of imide groups is 1. The van der Waals surface area contributed by atoms with Crippen molar-refractivity contribution in [2.45, 2.75) is 25.8 Å². The quantitative estimate of drug-likeness (QED) is 0.657. The lowest BCUT2D eigenvalue weighted by Crippen LogP contribution is -2.32. The molecule has 1 aliphatic carbocycles. The molecule has 1 aromatic carbocycles. The average molecular weight is 361 g/mol. The molecule has 1 fully saturated rings. The second kappa shape index (κ2) is 5.90. The first kappa shape index (κ1) is 16.0. The van der Waals surface area contributed by atoms with E-state index in [4.69, 9.17) is 0 Å². The molecule has 7 heteroatoms. The van der Waals surface area contributed by atoms with Crippen LogP contribution in [0.15, 0.2) is 54.3 Å². The fourth-order valence-corrected chi connectivity index (χ4v) is 4.10. The van der Waals surface area contributed by atoms with Gasteiger partial charge in [0.25, 0.3) is 5.95 Å². The third kappa shape index (κ3) is 2.42. The van der Waals surface area contributed by atoms with Crippen LogP contribution in [0.5, 0.6) is 0 Å². The summed E-state index contributed by atoms with van der Waals surface area (Å²) in [6.45, 7) is 1.96. The van der Waals surface area contributed by atoms with Crippen LogP contribution in [0.1, 0.15) is 31.4 Å². The molecule has 3 aliphatic rings. The fraction of sp³-hybridized carbons (Fsp3) is 0.300. The number of carbonyl (C=O) groups is 2. The van der Waals surface area contributed by atoms with Gasteiger partial charge in [0.2, 0.25) is 17.8 Å². The van der Waals surface area contributed by atoms with Gasteiger partial charge in [-0.05, 0) is 31.4 Å². The number of allylic oxidation sites excluding steroid dienone is 4. The number of hydrogen-bond donors (Lipinski definition) is 1. The zero-order valence-corrected chi connectivity index (χ0v) is 14.9. The van der Waals surface area contributed by atoms with Crippen molar-refractivity contribution >= 4 is 23.7 Å². The van der Waals surface area contributed by atoms with E-state index in [1.54, 1.807) is 4.68 Å². The van der Waals surface area contributed by atoms with Crippen molar-refractivity contribution in [1.82, 2.24) is 14.8 Å². The molecule has 3 atom stereocenters. The van der Waals surface area contributed by atoms with Crippen molar-refractivity contribution in [3.05, 3.63) is 59.8 Å². The van der Waals surface area contributed by atoms with Crippen LogP contribution in [0.2, 0.25) is 0 Å². The number of anilines is 2. The molecule has 1 N–H and O–H groups in total. The minimum absolute atomic E-state index is 0.138. The lowest BCUT2D eigenvalue weighted by Gasteiger charge is -2.22. The molecule has 0 bridgehead atoms. The van der Waals surface area contributed by atoms with E-state index in [0.29, 0.717) is 18.8 Å². The first-order valence-electron chi connectivity index (χ1n) is 9.13. The number of nitrogens with zero attached hydrogens (tertiary/aromatic N) is 4. The van der Waals surface area contributed by atoms with Crippen LogP contribution in [0.3, 0.4) is 0 Å². The molecule has 136 valence electrons. The molecular weight excluding hydrogens is 342 g/mol. The summed E-state index contributed by atoms with van der Waals surface area (Å²) < 4.78 is 1.73. The summed E-state index contributed by atoms with van der Waals surface area (Å²) in [5.41, 5.74) is 2.01. The third-order valence-electron chi connectivity index (χ3n) is 5.45. The molecule has 1 saturated heterocycles. The molecule has 27 heavy (non-hydrogen) atoms. The zero-order valence-electron chi connectivity index (χ0n) is 14.9. The maximum absolute atomic E-state index is 12.8. The summed E-state index contributed by atoms with van der Waals surface area (Å²) in [6, 6.07) is 9.83. The molecule has 7 nitrogen and oxygen atoms in total. The van der Waals surface area contributed by atoms with Crippen LogP contribution in [0, 0.1) is 11.8 Å². The number of fused-ring (bicyclic) bond motifs is 2. The van der Waals surface area contributed by atoms with Crippen LogP contribution < -0.4 is 10.2 Å². The van der Waals surface area contributed by atoms with Crippen LogP contribution >= 0.6 is 0 Å². The van der Waals surface area contributed by atoms with Gasteiger partial charge in [0.05, 0.1) is 11.8 Å². The van der Waals surface area contributed by atoms with E-state index < -0.39 is 0 Å². The predicted octanol–water partition coefficient (Wildman–Crippen LogP) is 2.65. The number of hydrogen-bond acceptors (Lipinski definition) is 5. The van der Waals surface area contributed by atoms with Crippen LogP contribution in [-0.4, -0.2) is 26.6 Å². The molecule has 2 amide bonds. The van der Waals surface area contributed by atoms with Gasteiger partial charge in [-0.25, -0.2) is 9.58 Å². The van der Waals surface area contributed by atoms with Gasteiger partial charge in [0, 0.05) is 5.70 Å². The number of benzene rings is 1. The zero-order chi connectivity index (χ0) is 18.5. The van der Waals surface area contributed by atoms with Gasteiger partial charge >= 0.3 is 0 Å². The van der Waals surface area contributed by atoms with Gasteiger partial charge in [-0.3, -0.25) is 9.59 Å². The Hall–Kier alpha value is -3.22. The van der Waals surface area contributed by atoms with Gasteiger partial charge < -0.3 is 5.32 Å².